The van der Waals surface area contributed by atoms with E-state index < -0.39 is 51.8 Å². The Morgan fingerprint density at radius 1 is 0.861 bits per heavy atom. The summed E-state index contributed by atoms with van der Waals surface area (Å²) in [6.07, 6.45) is -1.02. The number of non-ortho nitro benzene ring substituents is 1. The highest BCUT2D eigenvalue weighted by Crippen LogP contribution is 2.57. The number of imide groups is 1. The normalized spacial score (nSPS) is 23.9. The van der Waals surface area contributed by atoms with Crippen LogP contribution in [0.1, 0.15) is 37.9 Å². The fraction of sp³-hybridized carbons (Fsp3) is 0.185. The molecule has 2 fully saturated rings. The first kappa shape index (κ1) is 22.0. The van der Waals surface area contributed by atoms with E-state index in [2.05, 4.69) is 0 Å². The summed E-state index contributed by atoms with van der Waals surface area (Å²) >= 11 is 0. The van der Waals surface area contributed by atoms with Gasteiger partial charge < -0.3 is 4.74 Å². The molecule has 0 saturated carbocycles. The van der Waals surface area contributed by atoms with Gasteiger partial charge >= 0.3 is 0 Å². The molecule has 1 aliphatic carbocycles. The molecule has 1 spiro atoms. The first-order valence-corrected chi connectivity index (χ1v) is 11.3. The number of aryl methyl sites for hydroxylation is 1. The zero-order chi connectivity index (χ0) is 25.4. The molecular weight excluding hydrogens is 464 g/mol. The van der Waals surface area contributed by atoms with Gasteiger partial charge in [-0.15, -0.1) is 0 Å². The number of ether oxygens (including phenoxy) is 1. The lowest BCUT2D eigenvalue weighted by molar-refractivity contribution is -0.384. The van der Waals surface area contributed by atoms with Crippen LogP contribution in [0.5, 0.6) is 0 Å². The Labute approximate surface area is 204 Å². The highest BCUT2D eigenvalue weighted by Gasteiger charge is 2.74. The number of anilines is 1. The Hall–Kier alpha value is -4.50. The maximum atomic E-state index is 13.9. The van der Waals surface area contributed by atoms with E-state index in [9.17, 15) is 29.3 Å². The number of rotatable bonds is 3. The average molecular weight is 482 g/mol. The van der Waals surface area contributed by atoms with Gasteiger partial charge in [-0.1, -0.05) is 54.6 Å². The topological polar surface area (TPSA) is 124 Å². The first-order valence-electron chi connectivity index (χ1n) is 11.3. The summed E-state index contributed by atoms with van der Waals surface area (Å²) in [5.41, 5.74) is -0.976. The molecule has 6 rings (SSSR count). The van der Waals surface area contributed by atoms with Gasteiger partial charge in [0.2, 0.25) is 29.0 Å². The van der Waals surface area contributed by atoms with Crippen molar-refractivity contribution in [1.29, 1.82) is 0 Å². The van der Waals surface area contributed by atoms with Crippen LogP contribution in [-0.4, -0.2) is 33.9 Å². The molecule has 0 bridgehead atoms. The standard InChI is InChI=1S/C27H18N2O7/c1-14-13-16(29(34)35)11-12-19(14)28-25(32)20-21(26(28)33)27(36-22(20)15-7-3-2-4-8-15)23(30)17-9-5-6-10-18(17)24(27)31/h2-13,20-22H,1H3/t20-,21+,22-/m1/s1. The van der Waals surface area contributed by atoms with Gasteiger partial charge in [-0.2, -0.15) is 0 Å². The number of benzene rings is 3. The van der Waals surface area contributed by atoms with Crippen molar-refractivity contribution in [2.45, 2.75) is 18.6 Å². The molecule has 36 heavy (non-hydrogen) atoms. The molecule has 2 amide bonds. The van der Waals surface area contributed by atoms with E-state index in [1.54, 1.807) is 49.4 Å². The van der Waals surface area contributed by atoms with E-state index in [1.165, 1.54) is 30.3 Å². The second kappa shape index (κ2) is 7.50. The van der Waals surface area contributed by atoms with E-state index in [1.807, 2.05) is 0 Å². The number of hydrogen-bond acceptors (Lipinski definition) is 7. The van der Waals surface area contributed by atoms with Gasteiger partial charge in [0.15, 0.2) is 0 Å². The van der Waals surface area contributed by atoms with Crippen molar-refractivity contribution in [3.63, 3.8) is 0 Å². The fourth-order valence-electron chi connectivity index (χ4n) is 5.70. The van der Waals surface area contributed by atoms with E-state index in [0.717, 1.165) is 4.90 Å². The van der Waals surface area contributed by atoms with Crippen LogP contribution in [0.3, 0.4) is 0 Å². The molecule has 2 saturated heterocycles. The van der Waals surface area contributed by atoms with Gasteiger partial charge in [0.1, 0.15) is 0 Å². The molecular formula is C27H18N2O7. The van der Waals surface area contributed by atoms with E-state index in [4.69, 9.17) is 4.74 Å². The fourth-order valence-corrected chi connectivity index (χ4v) is 5.70. The number of Topliss-reactive ketones (excluding diaryl/α,β-unsaturated/α-hetero) is 2. The maximum Gasteiger partial charge on any atom is 0.269 e. The molecule has 2 aliphatic heterocycles. The van der Waals surface area contributed by atoms with Crippen LogP contribution in [0.4, 0.5) is 11.4 Å². The molecule has 9 nitrogen and oxygen atoms in total. The lowest BCUT2D eigenvalue weighted by atomic mass is 9.77. The first-order chi connectivity index (χ1) is 17.3. The van der Waals surface area contributed by atoms with Crippen molar-refractivity contribution in [3.05, 3.63) is 105 Å². The number of ketones is 2. The highest BCUT2D eigenvalue weighted by atomic mass is 16.6. The quantitative estimate of drug-likeness (QED) is 0.242. The smallest absolute Gasteiger partial charge is 0.269 e. The largest absolute Gasteiger partial charge is 0.349 e. The highest BCUT2D eigenvalue weighted by molar-refractivity contribution is 6.37. The van der Waals surface area contributed by atoms with Crippen LogP contribution in [0, 0.1) is 28.9 Å². The summed E-state index contributed by atoms with van der Waals surface area (Å²) in [5.74, 6) is -5.15. The number of nitro groups is 1. The number of fused-ring (bicyclic) bond motifs is 3. The van der Waals surface area contributed by atoms with Crippen molar-refractivity contribution in [2.75, 3.05) is 4.90 Å². The third kappa shape index (κ3) is 2.68. The third-order valence-corrected chi connectivity index (χ3v) is 7.28. The van der Waals surface area contributed by atoms with Crippen molar-refractivity contribution < 1.29 is 28.8 Å². The minimum atomic E-state index is -2.16. The van der Waals surface area contributed by atoms with E-state index in [0.29, 0.717) is 11.1 Å². The van der Waals surface area contributed by atoms with Crippen LogP contribution >= 0.6 is 0 Å². The minimum Gasteiger partial charge on any atom is -0.349 e. The van der Waals surface area contributed by atoms with Crippen LogP contribution < -0.4 is 4.90 Å². The van der Waals surface area contributed by atoms with Gasteiger partial charge in [-0.05, 0) is 24.1 Å². The summed E-state index contributed by atoms with van der Waals surface area (Å²) in [6.45, 7) is 1.56. The summed E-state index contributed by atoms with van der Waals surface area (Å²) in [6, 6.07) is 18.8. The lowest BCUT2D eigenvalue weighted by Gasteiger charge is -2.27. The maximum absolute atomic E-state index is 13.9. The molecule has 0 N–H and O–H groups in total. The number of nitrogens with zero attached hydrogens (tertiary/aromatic N) is 2. The van der Waals surface area contributed by atoms with Gasteiger partial charge in [-0.3, -0.25) is 29.3 Å². The van der Waals surface area contributed by atoms with Crippen molar-refractivity contribution in [1.82, 2.24) is 0 Å². The Morgan fingerprint density at radius 2 is 1.47 bits per heavy atom. The van der Waals surface area contributed by atoms with Crippen molar-refractivity contribution >= 4 is 34.8 Å². The van der Waals surface area contributed by atoms with Gasteiger partial charge in [0.25, 0.3) is 5.69 Å². The van der Waals surface area contributed by atoms with Crippen LogP contribution in [0.25, 0.3) is 0 Å². The number of carbonyl (C=O) groups is 4. The molecule has 0 unspecified atom stereocenters. The summed E-state index contributed by atoms with van der Waals surface area (Å²) in [4.78, 5) is 66.8. The van der Waals surface area contributed by atoms with Gasteiger partial charge in [-0.25, -0.2) is 4.90 Å². The Morgan fingerprint density at radius 3 is 2.06 bits per heavy atom. The Bertz CT molecular complexity index is 1480. The monoisotopic (exact) mass is 482 g/mol. The van der Waals surface area contributed by atoms with E-state index in [-0.39, 0.29) is 22.5 Å². The molecule has 0 radical (unpaired) electrons. The molecule has 0 aromatic heterocycles. The van der Waals surface area contributed by atoms with Crippen LogP contribution in [0.15, 0.2) is 72.8 Å². The predicted octanol–water partition coefficient (Wildman–Crippen LogP) is 3.60. The van der Waals surface area contributed by atoms with Crippen molar-refractivity contribution in [2.24, 2.45) is 11.8 Å². The Balaban J connectivity index is 1.53. The predicted molar refractivity (Wildman–Crippen MR) is 125 cm³/mol. The lowest BCUT2D eigenvalue weighted by Crippen LogP contribution is -2.51. The van der Waals surface area contributed by atoms with Crippen LogP contribution in [-0.2, 0) is 14.3 Å². The Kier molecular flexibility index (Phi) is 4.58. The summed E-state index contributed by atoms with van der Waals surface area (Å²) in [5, 5.41) is 11.2. The molecule has 178 valence electrons. The number of amides is 2. The van der Waals surface area contributed by atoms with Gasteiger partial charge in [0.05, 0.1) is 28.6 Å². The number of carbonyl (C=O) groups excluding carboxylic acids is 4. The molecule has 3 aliphatic rings. The molecule has 3 aromatic rings. The minimum absolute atomic E-state index is 0.153. The van der Waals surface area contributed by atoms with Crippen molar-refractivity contribution in [3.8, 4) is 0 Å². The zero-order valence-electron chi connectivity index (χ0n) is 18.9. The second-order valence-electron chi connectivity index (χ2n) is 9.13. The molecule has 2 heterocycles. The molecule has 3 aromatic carbocycles. The molecule has 9 heteroatoms. The van der Waals surface area contributed by atoms with Crippen LogP contribution in [0.2, 0.25) is 0 Å². The summed E-state index contributed by atoms with van der Waals surface area (Å²) in [7, 11) is 0. The van der Waals surface area contributed by atoms with E-state index >= 15 is 0 Å². The SMILES string of the molecule is Cc1cc([N+](=O)[O-])ccc1N1C(=O)[C@H]2[C@@H](c3ccccc3)OC3(C(=O)c4ccccc4C3=O)[C@@H]2C1=O. The van der Waals surface area contributed by atoms with Gasteiger partial charge in [0, 0.05) is 23.3 Å². The second-order valence-corrected chi connectivity index (χ2v) is 9.13. The third-order valence-electron chi connectivity index (χ3n) is 7.28. The molecule has 3 atom stereocenters. The summed E-state index contributed by atoms with van der Waals surface area (Å²) < 4.78 is 6.22. The number of nitro benzene ring substituents is 1. The zero-order valence-corrected chi connectivity index (χ0v) is 18.9. The average Bonchev–Trinajstić information content (AvgIpc) is 3.45. The number of hydrogen-bond donors (Lipinski definition) is 0.